The van der Waals surface area contributed by atoms with Crippen LogP contribution in [0.15, 0.2) is 30.6 Å². The minimum absolute atomic E-state index is 0.00533. The summed E-state index contributed by atoms with van der Waals surface area (Å²) in [5, 5.41) is 5.32. The van der Waals surface area contributed by atoms with Crippen molar-refractivity contribution < 1.29 is 18.0 Å². The number of nitrogens with zero attached hydrogens (tertiary/aromatic N) is 3. The van der Waals surface area contributed by atoms with E-state index in [2.05, 4.69) is 20.6 Å². The number of aromatic nitrogens is 2. The highest BCUT2D eigenvalue weighted by Gasteiger charge is 2.31. The first-order valence-electron chi connectivity index (χ1n) is 7.55. The van der Waals surface area contributed by atoms with Gasteiger partial charge in [0.25, 0.3) is 5.91 Å². The third kappa shape index (κ3) is 5.57. The smallest absolute Gasteiger partial charge is 0.353 e. The van der Waals surface area contributed by atoms with Crippen molar-refractivity contribution in [2.75, 3.05) is 37.8 Å². The van der Waals surface area contributed by atoms with E-state index in [0.29, 0.717) is 12.5 Å². The molecule has 0 bridgehead atoms. The summed E-state index contributed by atoms with van der Waals surface area (Å²) in [5.41, 5.74) is -0.954. The van der Waals surface area contributed by atoms with Gasteiger partial charge in [0, 0.05) is 25.5 Å². The predicted molar refractivity (Wildman–Crippen MR) is 93.5 cm³/mol. The molecule has 0 fully saturated rings. The summed E-state index contributed by atoms with van der Waals surface area (Å²) in [6.07, 6.45) is -1.98. The largest absolute Gasteiger partial charge is 0.416 e. The van der Waals surface area contributed by atoms with Gasteiger partial charge < -0.3 is 15.5 Å². The molecule has 0 unspecified atom stereocenters. The van der Waals surface area contributed by atoms with E-state index in [0.717, 1.165) is 24.7 Å². The summed E-state index contributed by atoms with van der Waals surface area (Å²) < 4.78 is 38.3. The van der Waals surface area contributed by atoms with Gasteiger partial charge in [-0.15, -0.1) is 0 Å². The van der Waals surface area contributed by atoms with Gasteiger partial charge in [0.1, 0.15) is 0 Å². The lowest BCUT2D eigenvalue weighted by molar-refractivity contribution is -0.137. The lowest BCUT2D eigenvalue weighted by Gasteiger charge is -2.12. The molecule has 0 aliphatic heterocycles. The second kappa shape index (κ2) is 8.33. The highest BCUT2D eigenvalue weighted by atomic mass is 35.5. The minimum Gasteiger partial charge on any atom is -0.353 e. The van der Waals surface area contributed by atoms with Gasteiger partial charge in [0.2, 0.25) is 5.95 Å². The normalized spacial score (nSPS) is 11.5. The van der Waals surface area contributed by atoms with E-state index < -0.39 is 17.6 Å². The van der Waals surface area contributed by atoms with Crippen LogP contribution in [0.3, 0.4) is 0 Å². The van der Waals surface area contributed by atoms with Gasteiger partial charge in [-0.05, 0) is 32.3 Å². The molecule has 0 aliphatic carbocycles. The number of anilines is 2. The maximum absolute atomic E-state index is 12.8. The lowest BCUT2D eigenvalue weighted by atomic mass is 10.2. The molecule has 0 saturated heterocycles. The Bertz CT molecular complexity index is 765. The van der Waals surface area contributed by atoms with Crippen molar-refractivity contribution in [1.82, 2.24) is 14.9 Å². The van der Waals surface area contributed by atoms with E-state index in [-0.39, 0.29) is 16.3 Å². The molecule has 10 heteroatoms. The molecule has 6 nitrogen and oxygen atoms in total. The fourth-order valence-electron chi connectivity index (χ4n) is 1.92. The Morgan fingerprint density at radius 1 is 1.23 bits per heavy atom. The summed E-state index contributed by atoms with van der Waals surface area (Å²) in [7, 11) is 3.85. The molecule has 0 atom stereocenters. The minimum atomic E-state index is -4.53. The third-order valence-electron chi connectivity index (χ3n) is 3.30. The molecule has 0 spiro atoms. The monoisotopic (exact) mass is 387 g/mol. The molecule has 140 valence electrons. The number of hydrogen-bond acceptors (Lipinski definition) is 5. The predicted octanol–water partition coefficient (Wildman–Crippen LogP) is 3.37. The molecule has 1 aromatic heterocycles. The van der Waals surface area contributed by atoms with Gasteiger partial charge in [-0.2, -0.15) is 13.2 Å². The molecule has 0 radical (unpaired) electrons. The zero-order valence-corrected chi connectivity index (χ0v) is 14.8. The Morgan fingerprint density at radius 2 is 1.88 bits per heavy atom. The zero-order valence-electron chi connectivity index (χ0n) is 14.1. The average molecular weight is 388 g/mol. The van der Waals surface area contributed by atoms with Crippen LogP contribution in [0, 0.1) is 0 Å². The van der Waals surface area contributed by atoms with E-state index in [9.17, 15) is 18.0 Å². The number of rotatable bonds is 6. The summed E-state index contributed by atoms with van der Waals surface area (Å²) in [5.74, 6) is -0.313. The molecule has 0 aliphatic rings. The molecule has 2 N–H and O–H groups in total. The van der Waals surface area contributed by atoms with Crippen LogP contribution in [-0.4, -0.2) is 48.0 Å². The van der Waals surface area contributed by atoms with E-state index in [4.69, 9.17) is 11.6 Å². The first-order valence-corrected chi connectivity index (χ1v) is 7.93. The summed E-state index contributed by atoms with van der Waals surface area (Å²) >= 11 is 5.86. The van der Waals surface area contributed by atoms with Crippen LogP contribution in [0.25, 0.3) is 0 Å². The number of likely N-dealkylation sites (N-methyl/N-ethyl adjacent to an activating group) is 1. The van der Waals surface area contributed by atoms with Crippen LogP contribution in [0.2, 0.25) is 5.02 Å². The highest BCUT2D eigenvalue weighted by Crippen LogP contribution is 2.33. The van der Waals surface area contributed by atoms with E-state index >= 15 is 0 Å². The Balaban J connectivity index is 2.06. The maximum Gasteiger partial charge on any atom is 0.416 e. The topological polar surface area (TPSA) is 70.2 Å². The molecule has 2 aromatic rings. The highest BCUT2D eigenvalue weighted by molar-refractivity contribution is 6.34. The number of amides is 1. The number of halogens is 4. The standard InChI is InChI=1S/C16H17ClF3N5O/c1-25(2)6-5-21-15-22-8-10(9-23-15)14(26)24-13-7-11(16(18,19)20)3-4-12(13)17/h3-4,7-9H,5-6H2,1-2H3,(H,24,26)(H,21,22,23). The van der Waals surface area contributed by atoms with Gasteiger partial charge in [-0.25, -0.2) is 9.97 Å². The van der Waals surface area contributed by atoms with Gasteiger partial charge in [0.05, 0.1) is 21.8 Å². The first kappa shape index (κ1) is 19.9. The number of benzene rings is 1. The molecular formula is C16H17ClF3N5O. The first-order chi connectivity index (χ1) is 12.2. The van der Waals surface area contributed by atoms with Crippen molar-refractivity contribution in [3.63, 3.8) is 0 Å². The van der Waals surface area contributed by atoms with Crippen molar-refractivity contribution in [3.05, 3.63) is 46.7 Å². The summed E-state index contributed by atoms with van der Waals surface area (Å²) in [6.45, 7) is 1.40. The van der Waals surface area contributed by atoms with Crippen LogP contribution in [-0.2, 0) is 6.18 Å². The second-order valence-corrected chi connectivity index (χ2v) is 6.08. The molecule has 0 saturated carbocycles. The van der Waals surface area contributed by atoms with Crippen LogP contribution in [0.5, 0.6) is 0 Å². The Hall–Kier alpha value is -2.39. The zero-order chi connectivity index (χ0) is 19.3. The SMILES string of the molecule is CN(C)CCNc1ncc(C(=O)Nc2cc(C(F)(F)F)ccc2Cl)cn1. The maximum atomic E-state index is 12.8. The van der Waals surface area contributed by atoms with Crippen LogP contribution >= 0.6 is 11.6 Å². The number of carbonyl (C=O) groups is 1. The van der Waals surface area contributed by atoms with E-state index in [1.165, 1.54) is 12.4 Å². The van der Waals surface area contributed by atoms with Gasteiger partial charge in [0.15, 0.2) is 0 Å². The van der Waals surface area contributed by atoms with Crippen molar-refractivity contribution >= 4 is 29.1 Å². The third-order valence-corrected chi connectivity index (χ3v) is 3.63. The number of alkyl halides is 3. The Morgan fingerprint density at radius 3 is 2.46 bits per heavy atom. The number of nitrogens with one attached hydrogen (secondary N) is 2. The molecule has 1 amide bonds. The Kier molecular flexibility index (Phi) is 6.38. The second-order valence-electron chi connectivity index (χ2n) is 5.67. The quantitative estimate of drug-likeness (QED) is 0.795. The van der Waals surface area contributed by atoms with Gasteiger partial charge in [-0.3, -0.25) is 4.79 Å². The molecule has 2 rings (SSSR count). The molecule has 1 heterocycles. The van der Waals surface area contributed by atoms with E-state index in [1.54, 1.807) is 0 Å². The number of hydrogen-bond donors (Lipinski definition) is 2. The average Bonchev–Trinajstić information content (AvgIpc) is 2.56. The van der Waals surface area contributed by atoms with Gasteiger partial charge >= 0.3 is 6.18 Å². The van der Waals surface area contributed by atoms with Crippen molar-refractivity contribution in [2.45, 2.75) is 6.18 Å². The van der Waals surface area contributed by atoms with Crippen LogP contribution in [0.4, 0.5) is 24.8 Å². The fraction of sp³-hybridized carbons (Fsp3) is 0.312. The Labute approximate surface area is 153 Å². The summed E-state index contributed by atoms with van der Waals surface area (Å²) in [4.78, 5) is 22.2. The molecule has 26 heavy (non-hydrogen) atoms. The van der Waals surface area contributed by atoms with Gasteiger partial charge in [-0.1, -0.05) is 11.6 Å². The van der Waals surface area contributed by atoms with Crippen molar-refractivity contribution in [3.8, 4) is 0 Å². The van der Waals surface area contributed by atoms with Crippen LogP contribution < -0.4 is 10.6 Å². The van der Waals surface area contributed by atoms with Crippen LogP contribution in [0.1, 0.15) is 15.9 Å². The van der Waals surface area contributed by atoms with E-state index in [1.807, 2.05) is 19.0 Å². The number of carbonyl (C=O) groups excluding carboxylic acids is 1. The molecular weight excluding hydrogens is 371 g/mol. The molecule has 1 aromatic carbocycles. The van der Waals surface area contributed by atoms with Crippen molar-refractivity contribution in [2.24, 2.45) is 0 Å². The van der Waals surface area contributed by atoms with Crippen molar-refractivity contribution in [1.29, 1.82) is 0 Å². The summed E-state index contributed by atoms with van der Waals surface area (Å²) in [6, 6.07) is 2.70. The fourth-order valence-corrected chi connectivity index (χ4v) is 2.08. The lowest BCUT2D eigenvalue weighted by Crippen LogP contribution is -2.21.